The molecule has 0 aliphatic rings. The Morgan fingerprint density at radius 3 is 2.58 bits per heavy atom. The predicted octanol–water partition coefficient (Wildman–Crippen LogP) is 4.76. The summed E-state index contributed by atoms with van der Waals surface area (Å²) in [7, 11) is 0. The number of hydrogen-bond acceptors (Lipinski definition) is 2. The fraction of sp³-hybridized carbons (Fsp3) is 0. The second kappa shape index (κ2) is 5.30. The van der Waals surface area contributed by atoms with Gasteiger partial charge in [0.05, 0.1) is 8.45 Å². The number of carbonyl (C=O) groups excluding carboxylic acids is 1. The van der Waals surface area contributed by atoms with Gasteiger partial charge in [-0.15, -0.1) is 11.3 Å². The number of rotatable bonds is 2. The van der Waals surface area contributed by atoms with E-state index in [1.165, 1.54) is 5.39 Å². The van der Waals surface area contributed by atoms with Gasteiger partial charge in [-0.25, -0.2) is 0 Å². The molecule has 0 aliphatic heterocycles. The van der Waals surface area contributed by atoms with Crippen molar-refractivity contribution in [1.82, 2.24) is 0 Å². The molecule has 0 aliphatic carbocycles. The summed E-state index contributed by atoms with van der Waals surface area (Å²) in [4.78, 5) is 12.1. The Kier molecular flexibility index (Phi) is 3.52. The minimum Gasteiger partial charge on any atom is -0.322 e. The highest BCUT2D eigenvalue weighted by atomic mass is 127. The smallest absolute Gasteiger partial charge is 0.256 e. The predicted molar refractivity (Wildman–Crippen MR) is 88.9 cm³/mol. The monoisotopic (exact) mass is 379 g/mol. The molecule has 1 aromatic heterocycles. The van der Waals surface area contributed by atoms with E-state index in [0.717, 1.165) is 14.0 Å². The molecule has 4 heteroatoms. The summed E-state index contributed by atoms with van der Waals surface area (Å²) >= 11 is 3.79. The molecule has 0 spiro atoms. The van der Waals surface area contributed by atoms with Crippen LogP contribution in [-0.2, 0) is 0 Å². The van der Waals surface area contributed by atoms with Gasteiger partial charge in [0.1, 0.15) is 0 Å². The summed E-state index contributed by atoms with van der Waals surface area (Å²) < 4.78 is 1.11. The van der Waals surface area contributed by atoms with Gasteiger partial charge in [-0.3, -0.25) is 4.79 Å². The van der Waals surface area contributed by atoms with Crippen molar-refractivity contribution < 1.29 is 4.79 Å². The van der Waals surface area contributed by atoms with Crippen molar-refractivity contribution in [2.45, 2.75) is 0 Å². The number of nitrogens with one attached hydrogen (secondary N) is 1. The van der Waals surface area contributed by atoms with Crippen LogP contribution in [0.25, 0.3) is 10.8 Å². The molecule has 2 aromatic carbocycles. The third kappa shape index (κ3) is 2.79. The van der Waals surface area contributed by atoms with E-state index in [1.54, 1.807) is 11.3 Å². The molecule has 3 rings (SSSR count). The molecule has 94 valence electrons. The van der Waals surface area contributed by atoms with Crippen molar-refractivity contribution in [2.24, 2.45) is 0 Å². The summed E-state index contributed by atoms with van der Waals surface area (Å²) in [6.45, 7) is 0. The first kappa shape index (κ1) is 12.6. The summed E-state index contributed by atoms with van der Waals surface area (Å²) in [6.07, 6.45) is 0. The zero-order valence-electron chi connectivity index (χ0n) is 9.89. The number of amides is 1. The summed E-state index contributed by atoms with van der Waals surface area (Å²) in [5.74, 6) is -0.0607. The summed E-state index contributed by atoms with van der Waals surface area (Å²) in [5, 5.41) is 7.10. The Morgan fingerprint density at radius 1 is 1.05 bits per heavy atom. The van der Waals surface area contributed by atoms with E-state index >= 15 is 0 Å². The summed E-state index contributed by atoms with van der Waals surface area (Å²) in [6, 6.07) is 15.9. The standard InChI is InChI=1S/C15H10INOS/c16-14-8-12(9-19-14)15(18)17-13-6-5-10-3-1-2-4-11(10)7-13/h1-9H,(H,17,18). The number of carbonyl (C=O) groups is 1. The molecular formula is C15H10INOS. The van der Waals surface area contributed by atoms with Crippen LogP contribution in [0.1, 0.15) is 10.4 Å². The highest BCUT2D eigenvalue weighted by Gasteiger charge is 2.08. The van der Waals surface area contributed by atoms with Crippen LogP contribution in [-0.4, -0.2) is 5.91 Å². The minimum atomic E-state index is -0.0607. The topological polar surface area (TPSA) is 29.1 Å². The second-order valence-corrected chi connectivity index (χ2v) is 6.96. The van der Waals surface area contributed by atoms with E-state index in [9.17, 15) is 4.79 Å². The molecule has 0 radical (unpaired) electrons. The first-order valence-corrected chi connectivity index (χ1v) is 7.72. The van der Waals surface area contributed by atoms with Crippen molar-refractivity contribution in [3.8, 4) is 0 Å². The molecule has 1 N–H and O–H groups in total. The van der Waals surface area contributed by atoms with Gasteiger partial charge in [-0.2, -0.15) is 0 Å². The zero-order valence-corrected chi connectivity index (χ0v) is 12.9. The highest BCUT2D eigenvalue weighted by molar-refractivity contribution is 14.1. The number of thiophene rings is 1. The van der Waals surface area contributed by atoms with Crippen molar-refractivity contribution in [3.63, 3.8) is 0 Å². The Morgan fingerprint density at radius 2 is 1.84 bits per heavy atom. The molecule has 1 heterocycles. The van der Waals surface area contributed by atoms with Crippen LogP contribution >= 0.6 is 33.9 Å². The number of hydrogen-bond donors (Lipinski definition) is 1. The fourth-order valence-electron chi connectivity index (χ4n) is 1.90. The Labute approximate surface area is 128 Å². The van der Waals surface area contributed by atoms with Crippen LogP contribution < -0.4 is 5.32 Å². The second-order valence-electron chi connectivity index (χ2n) is 4.16. The Bertz CT molecular complexity index is 750. The first-order chi connectivity index (χ1) is 9.22. The van der Waals surface area contributed by atoms with Crippen molar-refractivity contribution in [2.75, 3.05) is 5.32 Å². The third-order valence-corrected chi connectivity index (χ3v) is 4.63. The molecule has 0 saturated heterocycles. The maximum atomic E-state index is 12.1. The molecule has 2 nitrogen and oxygen atoms in total. The lowest BCUT2D eigenvalue weighted by molar-refractivity contribution is 0.102. The van der Waals surface area contributed by atoms with Crippen LogP contribution in [0.3, 0.4) is 0 Å². The molecule has 1 amide bonds. The van der Waals surface area contributed by atoms with Crippen LogP contribution in [0.2, 0.25) is 0 Å². The van der Waals surface area contributed by atoms with Crippen LogP contribution in [0.4, 0.5) is 5.69 Å². The average Bonchev–Trinajstić information content (AvgIpc) is 2.85. The van der Waals surface area contributed by atoms with Gasteiger partial charge in [-0.1, -0.05) is 30.3 Å². The number of benzene rings is 2. The summed E-state index contributed by atoms with van der Waals surface area (Å²) in [5.41, 5.74) is 1.53. The van der Waals surface area contributed by atoms with Crippen molar-refractivity contribution in [1.29, 1.82) is 0 Å². The Balaban J connectivity index is 1.87. The lowest BCUT2D eigenvalue weighted by Gasteiger charge is -2.05. The number of anilines is 1. The molecule has 0 unspecified atom stereocenters. The van der Waals surface area contributed by atoms with Gasteiger partial charge < -0.3 is 5.32 Å². The lowest BCUT2D eigenvalue weighted by Crippen LogP contribution is -2.10. The van der Waals surface area contributed by atoms with E-state index < -0.39 is 0 Å². The molecule has 0 saturated carbocycles. The molecule has 0 fully saturated rings. The van der Waals surface area contributed by atoms with E-state index in [1.807, 2.05) is 47.8 Å². The van der Waals surface area contributed by atoms with Crippen LogP contribution in [0, 0.1) is 2.88 Å². The highest BCUT2D eigenvalue weighted by Crippen LogP contribution is 2.21. The molecule has 0 bridgehead atoms. The number of fused-ring (bicyclic) bond motifs is 1. The van der Waals surface area contributed by atoms with Crippen LogP contribution in [0.15, 0.2) is 53.9 Å². The maximum absolute atomic E-state index is 12.1. The van der Waals surface area contributed by atoms with Gasteiger partial charge in [0, 0.05) is 11.1 Å². The largest absolute Gasteiger partial charge is 0.322 e. The quantitative estimate of drug-likeness (QED) is 0.640. The number of halogens is 1. The lowest BCUT2D eigenvalue weighted by atomic mass is 10.1. The van der Waals surface area contributed by atoms with Crippen LogP contribution in [0.5, 0.6) is 0 Å². The van der Waals surface area contributed by atoms with Gasteiger partial charge in [0.25, 0.3) is 5.91 Å². The molecular weight excluding hydrogens is 369 g/mol. The van der Waals surface area contributed by atoms with E-state index in [-0.39, 0.29) is 5.91 Å². The van der Waals surface area contributed by atoms with Crippen molar-refractivity contribution in [3.05, 3.63) is 62.4 Å². The van der Waals surface area contributed by atoms with Gasteiger partial charge >= 0.3 is 0 Å². The maximum Gasteiger partial charge on any atom is 0.256 e. The van der Waals surface area contributed by atoms with Gasteiger partial charge in [0.2, 0.25) is 0 Å². The van der Waals surface area contributed by atoms with E-state index in [0.29, 0.717) is 5.56 Å². The molecule has 3 aromatic rings. The third-order valence-electron chi connectivity index (χ3n) is 2.84. The Hall–Kier alpha value is -1.40. The zero-order chi connectivity index (χ0) is 13.2. The molecule has 0 atom stereocenters. The SMILES string of the molecule is O=C(Nc1ccc2ccccc2c1)c1csc(I)c1. The molecule has 19 heavy (non-hydrogen) atoms. The van der Waals surface area contributed by atoms with Gasteiger partial charge in [0.15, 0.2) is 0 Å². The van der Waals surface area contributed by atoms with E-state index in [4.69, 9.17) is 0 Å². The minimum absolute atomic E-state index is 0.0607. The first-order valence-electron chi connectivity index (χ1n) is 5.76. The normalized spacial score (nSPS) is 10.6. The fourth-order valence-corrected chi connectivity index (χ4v) is 3.23. The van der Waals surface area contributed by atoms with Gasteiger partial charge in [-0.05, 0) is 51.6 Å². The van der Waals surface area contributed by atoms with E-state index in [2.05, 4.69) is 34.0 Å². The van der Waals surface area contributed by atoms with Crippen molar-refractivity contribution >= 4 is 56.3 Å². The average molecular weight is 379 g/mol.